The molecular formula is C23H24BrN5OS2. The van der Waals surface area contributed by atoms with Crippen molar-refractivity contribution >= 4 is 49.9 Å². The number of benzene rings is 1. The molecule has 0 saturated carbocycles. The predicted molar refractivity (Wildman–Crippen MR) is 132 cm³/mol. The third-order valence-corrected chi connectivity index (χ3v) is 8.38. The number of anilines is 1. The van der Waals surface area contributed by atoms with Gasteiger partial charge in [-0.3, -0.25) is 9.69 Å². The first-order chi connectivity index (χ1) is 15.3. The summed E-state index contributed by atoms with van der Waals surface area (Å²) in [7, 11) is 0. The van der Waals surface area contributed by atoms with E-state index in [-0.39, 0.29) is 11.2 Å². The second kappa shape index (κ2) is 9.00. The average Bonchev–Trinajstić information content (AvgIpc) is 3.19. The van der Waals surface area contributed by atoms with Crippen LogP contribution in [0.3, 0.4) is 0 Å². The number of rotatable bonds is 5. The number of allylic oxidation sites excluding steroid dienone is 3. The molecule has 0 spiro atoms. The summed E-state index contributed by atoms with van der Waals surface area (Å²) in [6.45, 7) is 6.29. The van der Waals surface area contributed by atoms with Gasteiger partial charge in [0.1, 0.15) is 5.82 Å². The molecule has 1 aliphatic heterocycles. The van der Waals surface area contributed by atoms with Gasteiger partial charge < -0.3 is 5.73 Å². The third-order valence-electron chi connectivity index (χ3n) is 5.60. The lowest BCUT2D eigenvalue weighted by Gasteiger charge is -2.42. The van der Waals surface area contributed by atoms with E-state index in [0.717, 1.165) is 32.2 Å². The number of thioether (sulfide) groups is 1. The molecule has 0 amide bonds. The molecule has 2 aromatic rings. The van der Waals surface area contributed by atoms with Gasteiger partial charge in [0.15, 0.2) is 10.1 Å². The van der Waals surface area contributed by atoms with Gasteiger partial charge in [0.2, 0.25) is 5.13 Å². The number of nitrogens with zero attached hydrogens (tertiary/aromatic N) is 4. The van der Waals surface area contributed by atoms with Crippen LogP contribution in [0.2, 0.25) is 0 Å². The highest BCUT2D eigenvalue weighted by Gasteiger charge is 2.45. The summed E-state index contributed by atoms with van der Waals surface area (Å²) in [5, 5.41) is 19.4. The first kappa shape index (κ1) is 23.0. The Bertz CT molecular complexity index is 1160. The molecule has 2 N–H and O–H groups in total. The fourth-order valence-corrected chi connectivity index (χ4v) is 6.33. The Morgan fingerprint density at radius 3 is 2.69 bits per heavy atom. The average molecular weight is 531 g/mol. The molecule has 0 radical (unpaired) electrons. The van der Waals surface area contributed by atoms with Crippen molar-refractivity contribution in [3.05, 3.63) is 57.0 Å². The fourth-order valence-electron chi connectivity index (χ4n) is 4.26. The summed E-state index contributed by atoms with van der Waals surface area (Å²) in [6, 6.07) is 10.0. The predicted octanol–water partition coefficient (Wildman–Crippen LogP) is 5.74. The number of Topliss-reactive ketones (excluding diaryl/α,β-unsaturated/α-hetero) is 1. The van der Waals surface area contributed by atoms with Crippen LogP contribution < -0.4 is 10.6 Å². The van der Waals surface area contributed by atoms with Crippen molar-refractivity contribution < 1.29 is 4.79 Å². The van der Waals surface area contributed by atoms with Crippen LogP contribution in [0.1, 0.15) is 51.5 Å². The number of hydrogen-bond donors (Lipinski definition) is 1. The topological polar surface area (TPSA) is 95.9 Å². The van der Waals surface area contributed by atoms with Gasteiger partial charge in [0, 0.05) is 27.9 Å². The van der Waals surface area contributed by atoms with Crippen molar-refractivity contribution in [3.63, 3.8) is 0 Å². The molecule has 2 heterocycles. The Hall–Kier alpha value is -2.15. The molecule has 1 aromatic heterocycles. The fraction of sp³-hybridized carbons (Fsp3) is 0.391. The maximum absolute atomic E-state index is 13.5. The van der Waals surface area contributed by atoms with E-state index in [1.807, 2.05) is 24.3 Å². The largest absolute Gasteiger partial charge is 0.384 e. The molecule has 6 nitrogen and oxygen atoms in total. The van der Waals surface area contributed by atoms with Crippen molar-refractivity contribution in [3.8, 4) is 6.07 Å². The molecular weight excluding hydrogens is 506 g/mol. The lowest BCUT2D eigenvalue weighted by Crippen LogP contribution is -2.42. The van der Waals surface area contributed by atoms with E-state index in [0.29, 0.717) is 34.9 Å². The van der Waals surface area contributed by atoms with Crippen molar-refractivity contribution in [2.45, 2.75) is 50.3 Å². The molecule has 1 aromatic carbocycles. The first-order valence-electron chi connectivity index (χ1n) is 10.4. The van der Waals surface area contributed by atoms with Gasteiger partial charge in [-0.15, -0.1) is 10.2 Å². The standard InChI is InChI=1S/C23H24BrN5OS2/c1-4-9-31-22-28-27-21(32-22)29-16-10-23(2,3)11-17(30)19(16)18(15(12-25)20(29)26)13-5-7-14(24)8-6-13/h5-8,18H,4,9-11,26H2,1-3H3. The molecule has 1 unspecified atom stereocenters. The van der Waals surface area contributed by atoms with E-state index in [2.05, 4.69) is 53.0 Å². The molecule has 1 aliphatic carbocycles. The minimum atomic E-state index is -0.482. The van der Waals surface area contributed by atoms with Gasteiger partial charge in [0.25, 0.3) is 0 Å². The number of carbonyl (C=O) groups excluding carboxylic acids is 1. The third kappa shape index (κ3) is 4.24. The number of hydrogen-bond acceptors (Lipinski definition) is 8. The number of aromatic nitrogens is 2. The summed E-state index contributed by atoms with van der Waals surface area (Å²) in [5.41, 5.74) is 9.15. The molecule has 9 heteroatoms. The second-order valence-corrected chi connectivity index (χ2v) is 11.9. The number of nitrogens with two attached hydrogens (primary N) is 1. The Labute approximate surface area is 204 Å². The highest BCUT2D eigenvalue weighted by molar-refractivity contribution is 9.10. The number of nitriles is 1. The molecule has 1 atom stereocenters. The molecule has 32 heavy (non-hydrogen) atoms. The van der Waals surface area contributed by atoms with E-state index in [4.69, 9.17) is 5.73 Å². The van der Waals surface area contributed by atoms with Crippen molar-refractivity contribution in [1.29, 1.82) is 5.26 Å². The Balaban J connectivity index is 1.90. The second-order valence-electron chi connectivity index (χ2n) is 8.73. The van der Waals surface area contributed by atoms with Crippen LogP contribution in [0.25, 0.3) is 0 Å². The molecule has 0 bridgehead atoms. The van der Waals surface area contributed by atoms with Crippen LogP contribution in [0, 0.1) is 16.7 Å². The maximum atomic E-state index is 13.5. The summed E-state index contributed by atoms with van der Waals surface area (Å²) < 4.78 is 1.79. The van der Waals surface area contributed by atoms with Gasteiger partial charge in [-0.1, -0.05) is 71.9 Å². The van der Waals surface area contributed by atoms with Crippen molar-refractivity contribution in [2.24, 2.45) is 11.1 Å². The maximum Gasteiger partial charge on any atom is 0.219 e. The van der Waals surface area contributed by atoms with Gasteiger partial charge in [-0.25, -0.2) is 0 Å². The minimum absolute atomic E-state index is 0.0551. The summed E-state index contributed by atoms with van der Waals surface area (Å²) in [6.07, 6.45) is 2.13. The number of carbonyl (C=O) groups is 1. The van der Waals surface area contributed by atoms with Crippen LogP contribution in [0.15, 0.2) is 55.7 Å². The zero-order valence-electron chi connectivity index (χ0n) is 18.2. The van der Waals surface area contributed by atoms with Crippen LogP contribution >= 0.6 is 39.0 Å². The first-order valence-corrected chi connectivity index (χ1v) is 13.0. The Morgan fingerprint density at radius 2 is 2.03 bits per heavy atom. The highest BCUT2D eigenvalue weighted by Crippen LogP contribution is 2.50. The molecule has 0 saturated heterocycles. The molecule has 4 rings (SSSR count). The van der Waals surface area contributed by atoms with Crippen LogP contribution in [0.4, 0.5) is 5.13 Å². The van der Waals surface area contributed by atoms with Gasteiger partial charge >= 0.3 is 0 Å². The molecule has 166 valence electrons. The van der Waals surface area contributed by atoms with Gasteiger partial charge in [-0.05, 0) is 36.0 Å². The van der Waals surface area contributed by atoms with E-state index in [1.165, 1.54) is 11.3 Å². The molecule has 2 aliphatic rings. The van der Waals surface area contributed by atoms with E-state index in [1.54, 1.807) is 16.7 Å². The van der Waals surface area contributed by atoms with Crippen molar-refractivity contribution in [2.75, 3.05) is 10.7 Å². The van der Waals surface area contributed by atoms with Crippen LogP contribution in [0.5, 0.6) is 0 Å². The highest BCUT2D eigenvalue weighted by atomic mass is 79.9. The SMILES string of the molecule is CCCSc1nnc(N2C(N)=C(C#N)C(c3ccc(Br)cc3)C3=C2CC(C)(C)CC3=O)s1. The smallest absolute Gasteiger partial charge is 0.219 e. The summed E-state index contributed by atoms with van der Waals surface area (Å²) >= 11 is 6.56. The zero-order chi connectivity index (χ0) is 23.0. The van der Waals surface area contributed by atoms with E-state index < -0.39 is 5.92 Å². The van der Waals surface area contributed by atoms with E-state index >= 15 is 0 Å². The monoisotopic (exact) mass is 529 g/mol. The normalized spacial score (nSPS) is 20.4. The van der Waals surface area contributed by atoms with Crippen molar-refractivity contribution in [1.82, 2.24) is 10.2 Å². The number of halogens is 1. The van der Waals surface area contributed by atoms with Gasteiger partial charge in [-0.2, -0.15) is 5.26 Å². The Morgan fingerprint density at radius 1 is 1.31 bits per heavy atom. The zero-order valence-corrected chi connectivity index (χ0v) is 21.4. The van der Waals surface area contributed by atoms with Crippen LogP contribution in [-0.2, 0) is 4.79 Å². The summed E-state index contributed by atoms with van der Waals surface area (Å²) in [4.78, 5) is 15.3. The minimum Gasteiger partial charge on any atom is -0.384 e. The number of ketones is 1. The van der Waals surface area contributed by atoms with Crippen LogP contribution in [-0.4, -0.2) is 21.7 Å². The van der Waals surface area contributed by atoms with Gasteiger partial charge in [0.05, 0.1) is 17.6 Å². The summed E-state index contributed by atoms with van der Waals surface area (Å²) in [5.74, 6) is 0.853. The Kier molecular flexibility index (Phi) is 6.48. The lowest BCUT2D eigenvalue weighted by atomic mass is 9.69. The quantitative estimate of drug-likeness (QED) is 0.492. The lowest BCUT2D eigenvalue weighted by molar-refractivity contribution is -0.118. The van der Waals surface area contributed by atoms with E-state index in [9.17, 15) is 10.1 Å². The molecule has 0 fully saturated rings.